The van der Waals surface area contributed by atoms with Crippen molar-refractivity contribution in [3.63, 3.8) is 0 Å². The lowest BCUT2D eigenvalue weighted by atomic mass is 10.0. The second kappa shape index (κ2) is 4.34. The Bertz CT molecular complexity index is 266. The lowest BCUT2D eigenvalue weighted by molar-refractivity contribution is -0.135. The first-order chi connectivity index (χ1) is 7.52. The summed E-state index contributed by atoms with van der Waals surface area (Å²) in [5, 5.41) is 3.46. The number of rotatable bonds is 3. The quantitative estimate of drug-likeness (QED) is 0.767. The Balaban J connectivity index is 1.87. The largest absolute Gasteiger partial charge is 0.378 e. The van der Waals surface area contributed by atoms with Crippen LogP contribution in [0.1, 0.15) is 26.7 Å². The van der Waals surface area contributed by atoms with Gasteiger partial charge in [0.25, 0.3) is 0 Å². The van der Waals surface area contributed by atoms with Gasteiger partial charge in [0.15, 0.2) is 0 Å². The number of fused-ring (bicyclic) bond motifs is 1. The van der Waals surface area contributed by atoms with Gasteiger partial charge in [-0.05, 0) is 32.7 Å². The Morgan fingerprint density at radius 3 is 2.88 bits per heavy atom. The molecule has 2 fully saturated rings. The van der Waals surface area contributed by atoms with Crippen molar-refractivity contribution < 1.29 is 9.53 Å². The monoisotopic (exact) mass is 226 g/mol. The summed E-state index contributed by atoms with van der Waals surface area (Å²) in [6, 6.07) is 0.537. The molecule has 0 aromatic heterocycles. The van der Waals surface area contributed by atoms with Crippen LogP contribution in [-0.2, 0) is 9.53 Å². The van der Waals surface area contributed by atoms with E-state index in [1.807, 2.05) is 18.7 Å². The van der Waals surface area contributed by atoms with E-state index in [2.05, 4.69) is 5.32 Å². The average molecular weight is 226 g/mol. The minimum Gasteiger partial charge on any atom is -0.378 e. The molecule has 0 bridgehead atoms. The molecule has 0 unspecified atom stereocenters. The molecule has 0 aromatic rings. The Morgan fingerprint density at radius 1 is 1.50 bits per heavy atom. The molecule has 0 radical (unpaired) electrons. The van der Waals surface area contributed by atoms with E-state index in [1.54, 1.807) is 7.11 Å². The number of nitrogens with zero attached hydrogens (tertiary/aromatic N) is 1. The highest BCUT2D eigenvalue weighted by Gasteiger charge is 2.38. The van der Waals surface area contributed by atoms with Crippen molar-refractivity contribution in [2.24, 2.45) is 5.92 Å². The molecule has 4 nitrogen and oxygen atoms in total. The van der Waals surface area contributed by atoms with Crippen molar-refractivity contribution in [3.8, 4) is 0 Å². The fourth-order valence-electron chi connectivity index (χ4n) is 2.60. The SMILES string of the molecule is COC(C)(C)CC(=O)N1C[C@@H]2CCN[C@@H]2C1. The number of hydrogen-bond donors (Lipinski definition) is 1. The number of ether oxygens (including phenoxy) is 1. The third kappa shape index (κ3) is 2.38. The Kier molecular flexibility index (Phi) is 3.22. The molecule has 92 valence electrons. The normalized spacial score (nSPS) is 29.6. The first-order valence-electron chi connectivity index (χ1n) is 6.08. The Morgan fingerprint density at radius 2 is 2.25 bits per heavy atom. The molecule has 1 amide bonds. The van der Waals surface area contributed by atoms with Gasteiger partial charge in [0.2, 0.25) is 5.91 Å². The van der Waals surface area contributed by atoms with Gasteiger partial charge >= 0.3 is 0 Å². The predicted octanol–water partition coefficient (Wildman–Crippen LogP) is 0.622. The molecule has 0 spiro atoms. The zero-order valence-electron chi connectivity index (χ0n) is 10.5. The summed E-state index contributed by atoms with van der Waals surface area (Å²) in [5.41, 5.74) is -0.345. The minimum absolute atomic E-state index is 0.225. The number of amides is 1. The van der Waals surface area contributed by atoms with Crippen molar-refractivity contribution in [1.82, 2.24) is 10.2 Å². The van der Waals surface area contributed by atoms with Gasteiger partial charge in [-0.1, -0.05) is 0 Å². The van der Waals surface area contributed by atoms with Crippen LogP contribution < -0.4 is 5.32 Å². The van der Waals surface area contributed by atoms with Gasteiger partial charge in [0.1, 0.15) is 0 Å². The van der Waals surface area contributed by atoms with Crippen LogP contribution in [0.25, 0.3) is 0 Å². The van der Waals surface area contributed by atoms with Crippen LogP contribution in [0.5, 0.6) is 0 Å². The summed E-state index contributed by atoms with van der Waals surface area (Å²) in [4.78, 5) is 14.1. The maximum absolute atomic E-state index is 12.1. The first kappa shape index (κ1) is 11.9. The lowest BCUT2D eigenvalue weighted by Crippen LogP contribution is -2.38. The predicted molar refractivity (Wildman–Crippen MR) is 62.2 cm³/mol. The van der Waals surface area contributed by atoms with Crippen molar-refractivity contribution in [3.05, 3.63) is 0 Å². The molecular weight excluding hydrogens is 204 g/mol. The maximum atomic E-state index is 12.1. The van der Waals surface area contributed by atoms with E-state index in [9.17, 15) is 4.79 Å². The highest BCUT2D eigenvalue weighted by Crippen LogP contribution is 2.26. The van der Waals surface area contributed by atoms with Crippen molar-refractivity contribution in [2.45, 2.75) is 38.3 Å². The summed E-state index contributed by atoms with van der Waals surface area (Å²) in [6.07, 6.45) is 1.69. The van der Waals surface area contributed by atoms with Gasteiger partial charge in [-0.25, -0.2) is 0 Å². The van der Waals surface area contributed by atoms with Gasteiger partial charge in [-0.15, -0.1) is 0 Å². The summed E-state index contributed by atoms with van der Waals surface area (Å²) < 4.78 is 5.30. The maximum Gasteiger partial charge on any atom is 0.225 e. The van der Waals surface area contributed by atoms with Crippen molar-refractivity contribution in [2.75, 3.05) is 26.7 Å². The summed E-state index contributed by atoms with van der Waals surface area (Å²) in [6.45, 7) is 6.83. The van der Waals surface area contributed by atoms with Crippen LogP contribution in [0, 0.1) is 5.92 Å². The fourth-order valence-corrected chi connectivity index (χ4v) is 2.60. The van der Waals surface area contributed by atoms with Gasteiger partial charge in [0.05, 0.1) is 12.0 Å². The number of likely N-dealkylation sites (tertiary alicyclic amines) is 1. The molecule has 0 saturated carbocycles. The number of nitrogens with one attached hydrogen (secondary N) is 1. The average Bonchev–Trinajstić information content (AvgIpc) is 2.75. The Labute approximate surface area is 97.3 Å². The molecule has 1 N–H and O–H groups in total. The molecule has 2 rings (SSSR count). The topological polar surface area (TPSA) is 41.6 Å². The Hall–Kier alpha value is -0.610. The number of methoxy groups -OCH3 is 1. The number of carbonyl (C=O) groups excluding carboxylic acids is 1. The van der Waals surface area contributed by atoms with E-state index >= 15 is 0 Å². The summed E-state index contributed by atoms with van der Waals surface area (Å²) in [7, 11) is 1.66. The summed E-state index contributed by atoms with van der Waals surface area (Å²) in [5.74, 6) is 0.901. The van der Waals surface area contributed by atoms with E-state index < -0.39 is 0 Å². The van der Waals surface area contributed by atoms with Crippen LogP contribution in [-0.4, -0.2) is 49.2 Å². The van der Waals surface area contributed by atoms with Crippen LogP contribution in [0.2, 0.25) is 0 Å². The van der Waals surface area contributed by atoms with Crippen molar-refractivity contribution >= 4 is 5.91 Å². The van der Waals surface area contributed by atoms with Gasteiger partial charge < -0.3 is 15.0 Å². The zero-order chi connectivity index (χ0) is 11.8. The fraction of sp³-hybridized carbons (Fsp3) is 0.917. The molecule has 0 aliphatic carbocycles. The molecule has 2 saturated heterocycles. The van der Waals surface area contributed by atoms with E-state index in [1.165, 1.54) is 6.42 Å². The van der Waals surface area contributed by atoms with E-state index in [0.29, 0.717) is 18.4 Å². The van der Waals surface area contributed by atoms with Gasteiger partial charge in [-0.3, -0.25) is 4.79 Å². The second-order valence-corrected chi connectivity index (χ2v) is 5.55. The molecule has 2 heterocycles. The number of hydrogen-bond acceptors (Lipinski definition) is 3. The van der Waals surface area contributed by atoms with Crippen LogP contribution >= 0.6 is 0 Å². The van der Waals surface area contributed by atoms with Crippen LogP contribution in [0.15, 0.2) is 0 Å². The van der Waals surface area contributed by atoms with Crippen LogP contribution in [0.4, 0.5) is 0 Å². The second-order valence-electron chi connectivity index (χ2n) is 5.55. The number of carbonyl (C=O) groups is 1. The minimum atomic E-state index is -0.345. The highest BCUT2D eigenvalue weighted by molar-refractivity contribution is 5.77. The molecule has 16 heavy (non-hydrogen) atoms. The third-order valence-electron chi connectivity index (χ3n) is 3.84. The zero-order valence-corrected chi connectivity index (χ0v) is 10.5. The van der Waals surface area contributed by atoms with Gasteiger partial charge in [0, 0.05) is 26.2 Å². The highest BCUT2D eigenvalue weighted by atomic mass is 16.5. The van der Waals surface area contributed by atoms with Crippen molar-refractivity contribution in [1.29, 1.82) is 0 Å². The summed E-state index contributed by atoms with van der Waals surface area (Å²) >= 11 is 0. The van der Waals surface area contributed by atoms with Gasteiger partial charge in [-0.2, -0.15) is 0 Å². The lowest BCUT2D eigenvalue weighted by Gasteiger charge is -2.26. The third-order valence-corrected chi connectivity index (χ3v) is 3.84. The van der Waals surface area contributed by atoms with E-state index in [-0.39, 0.29) is 11.5 Å². The smallest absolute Gasteiger partial charge is 0.225 e. The van der Waals surface area contributed by atoms with E-state index in [0.717, 1.165) is 19.6 Å². The van der Waals surface area contributed by atoms with E-state index in [4.69, 9.17) is 4.74 Å². The molecule has 2 atom stereocenters. The molecule has 4 heteroatoms. The molecule has 2 aliphatic rings. The van der Waals surface area contributed by atoms with Crippen LogP contribution in [0.3, 0.4) is 0 Å². The first-order valence-corrected chi connectivity index (χ1v) is 6.08. The standard InChI is InChI=1S/C12H22N2O2/c1-12(2,16-3)6-11(15)14-7-9-4-5-13-10(9)8-14/h9-10,13H,4-8H2,1-3H3/t9-,10+/m0/s1. The molecule has 0 aromatic carbocycles. The molecular formula is C12H22N2O2. The molecule has 2 aliphatic heterocycles.